The van der Waals surface area contributed by atoms with Crippen LogP contribution in [0.3, 0.4) is 0 Å². The van der Waals surface area contributed by atoms with Crippen LogP contribution in [-0.4, -0.2) is 35.9 Å². The van der Waals surface area contributed by atoms with Crippen molar-refractivity contribution < 1.29 is 41.1 Å². The lowest BCUT2D eigenvalue weighted by atomic mass is 10.2. The molecule has 9 nitrogen and oxygen atoms in total. The van der Waals surface area contributed by atoms with E-state index < -0.39 is 6.09 Å². The molecule has 0 atom stereocenters. The number of nitrogens with zero attached hydrogens (tertiary/aromatic N) is 2. The second-order valence-electron chi connectivity index (χ2n) is 4.99. The van der Waals surface area contributed by atoms with Crippen molar-refractivity contribution in [2.45, 2.75) is 6.54 Å². The summed E-state index contributed by atoms with van der Waals surface area (Å²) in [6, 6.07) is 2.68. The first-order chi connectivity index (χ1) is 11.4. The SMILES string of the molecule is COC(=O)Nc1cc(O)c(NC(=O)Cn2cc[n+](C)c2)cc1OC.[Cl-]. The van der Waals surface area contributed by atoms with Gasteiger partial charge < -0.3 is 32.3 Å². The Bertz CT molecular complexity index is 762. The number of aromatic hydroxyl groups is 1. The fraction of sp³-hybridized carbons (Fsp3) is 0.267. The van der Waals surface area contributed by atoms with E-state index in [4.69, 9.17) is 4.74 Å². The lowest BCUT2D eigenvalue weighted by Gasteiger charge is -2.13. The normalized spacial score (nSPS) is 9.72. The van der Waals surface area contributed by atoms with Gasteiger partial charge in [-0.25, -0.2) is 13.9 Å². The number of phenols is 1. The van der Waals surface area contributed by atoms with Gasteiger partial charge in [-0.3, -0.25) is 10.1 Å². The molecule has 1 aromatic heterocycles. The van der Waals surface area contributed by atoms with E-state index in [1.165, 1.54) is 26.4 Å². The van der Waals surface area contributed by atoms with E-state index in [0.29, 0.717) is 0 Å². The number of halogens is 1. The largest absolute Gasteiger partial charge is 1.00 e. The lowest BCUT2D eigenvalue weighted by molar-refractivity contribution is -0.671. The topological polar surface area (TPSA) is 106 Å². The Kier molecular flexibility index (Phi) is 7.06. The van der Waals surface area contributed by atoms with E-state index in [9.17, 15) is 14.7 Å². The van der Waals surface area contributed by atoms with E-state index in [0.717, 1.165) is 0 Å². The highest BCUT2D eigenvalue weighted by molar-refractivity contribution is 5.94. The summed E-state index contributed by atoms with van der Waals surface area (Å²) in [5, 5.41) is 15.0. The van der Waals surface area contributed by atoms with E-state index in [1.807, 2.05) is 7.05 Å². The van der Waals surface area contributed by atoms with Crippen LogP contribution in [0.4, 0.5) is 16.2 Å². The zero-order chi connectivity index (χ0) is 17.7. The van der Waals surface area contributed by atoms with Crippen LogP contribution in [0.15, 0.2) is 30.9 Å². The van der Waals surface area contributed by atoms with Gasteiger partial charge in [-0.15, -0.1) is 0 Å². The molecule has 2 aromatic rings. The molecule has 0 bridgehead atoms. The third kappa shape index (κ3) is 5.28. The average molecular weight is 371 g/mol. The van der Waals surface area contributed by atoms with Gasteiger partial charge in [0.2, 0.25) is 6.33 Å². The maximum Gasteiger partial charge on any atom is 0.411 e. The highest BCUT2D eigenvalue weighted by atomic mass is 35.5. The first-order valence-electron chi connectivity index (χ1n) is 6.99. The number of nitrogens with one attached hydrogen (secondary N) is 2. The Morgan fingerprint density at radius 2 is 1.96 bits per heavy atom. The molecule has 0 saturated carbocycles. The number of anilines is 2. The van der Waals surface area contributed by atoms with Crippen molar-refractivity contribution in [3.63, 3.8) is 0 Å². The summed E-state index contributed by atoms with van der Waals surface area (Å²) in [6.45, 7) is 0.0881. The molecule has 1 heterocycles. The smallest absolute Gasteiger partial charge is 0.411 e. The van der Waals surface area contributed by atoms with Crippen molar-refractivity contribution in [3.8, 4) is 11.5 Å². The van der Waals surface area contributed by atoms with Crippen LogP contribution in [-0.2, 0) is 23.1 Å². The molecule has 2 rings (SSSR count). The van der Waals surface area contributed by atoms with Crippen molar-refractivity contribution in [3.05, 3.63) is 30.9 Å². The number of ether oxygens (including phenoxy) is 2. The third-order valence-corrected chi connectivity index (χ3v) is 3.16. The van der Waals surface area contributed by atoms with Crippen LogP contribution in [0.1, 0.15) is 0 Å². The Morgan fingerprint density at radius 1 is 1.24 bits per heavy atom. The maximum atomic E-state index is 12.1. The zero-order valence-corrected chi connectivity index (χ0v) is 14.7. The van der Waals surface area contributed by atoms with Gasteiger partial charge in [0.25, 0.3) is 5.91 Å². The highest BCUT2D eigenvalue weighted by Gasteiger charge is 2.15. The average Bonchev–Trinajstić information content (AvgIpc) is 2.94. The number of amides is 2. The number of imidazole rings is 1. The van der Waals surface area contributed by atoms with Gasteiger partial charge in [-0.1, -0.05) is 0 Å². The number of carbonyl (C=O) groups is 2. The van der Waals surface area contributed by atoms with Gasteiger partial charge in [0.05, 0.1) is 32.6 Å². The van der Waals surface area contributed by atoms with Crippen LogP contribution in [0, 0.1) is 0 Å². The van der Waals surface area contributed by atoms with Crippen LogP contribution < -0.4 is 32.3 Å². The van der Waals surface area contributed by atoms with Crippen molar-refractivity contribution >= 4 is 23.4 Å². The summed E-state index contributed by atoms with van der Waals surface area (Å²) in [7, 11) is 4.47. The number of aryl methyl sites for hydroxylation is 1. The molecule has 136 valence electrons. The van der Waals surface area contributed by atoms with Crippen LogP contribution in [0.5, 0.6) is 11.5 Å². The third-order valence-electron chi connectivity index (χ3n) is 3.16. The number of phenolic OH excluding ortho intramolecular Hbond substituents is 1. The van der Waals surface area contributed by atoms with Crippen molar-refractivity contribution in [1.82, 2.24) is 4.57 Å². The minimum atomic E-state index is -0.704. The molecular weight excluding hydrogens is 352 g/mol. The number of rotatable bonds is 5. The molecule has 1 aromatic carbocycles. The van der Waals surface area contributed by atoms with Crippen molar-refractivity contribution in [1.29, 1.82) is 0 Å². The second kappa shape index (κ2) is 8.78. The minimum Gasteiger partial charge on any atom is -1.00 e. The summed E-state index contributed by atoms with van der Waals surface area (Å²) in [6.07, 6.45) is 4.61. The molecule has 0 spiro atoms. The van der Waals surface area contributed by atoms with Crippen LogP contribution >= 0.6 is 0 Å². The second-order valence-corrected chi connectivity index (χ2v) is 4.99. The fourth-order valence-electron chi connectivity index (χ4n) is 2.05. The number of aromatic nitrogens is 2. The molecule has 3 N–H and O–H groups in total. The van der Waals surface area contributed by atoms with E-state index in [1.54, 1.807) is 27.9 Å². The Hall–Kier alpha value is -2.94. The summed E-state index contributed by atoms with van der Waals surface area (Å²) in [4.78, 5) is 23.4. The standard InChI is InChI=1S/C15H18N4O5.ClH/c1-18-4-5-19(9-18)8-14(21)16-10-7-13(23-2)11(6-12(10)20)17-15(22)24-3;/h4-7,9H,8H2,1-3H3,(H2-,16,17,20,21,22);1H. The van der Waals surface area contributed by atoms with Gasteiger partial charge >= 0.3 is 6.09 Å². The Balaban J connectivity index is 0.00000312. The molecule has 0 aliphatic heterocycles. The van der Waals surface area contributed by atoms with Gasteiger partial charge in [0, 0.05) is 12.1 Å². The monoisotopic (exact) mass is 370 g/mol. The van der Waals surface area contributed by atoms with Gasteiger partial charge in [-0.05, 0) is 0 Å². The van der Waals surface area contributed by atoms with Crippen LogP contribution in [0.2, 0.25) is 0 Å². The fourth-order valence-corrected chi connectivity index (χ4v) is 2.05. The quantitative estimate of drug-likeness (QED) is 0.411. The number of benzene rings is 1. The molecule has 0 fully saturated rings. The van der Waals surface area contributed by atoms with E-state index in [2.05, 4.69) is 15.4 Å². The van der Waals surface area contributed by atoms with Crippen molar-refractivity contribution in [2.24, 2.45) is 7.05 Å². The lowest BCUT2D eigenvalue weighted by Crippen LogP contribution is -3.00. The predicted octanol–water partition coefficient (Wildman–Crippen LogP) is -2.15. The summed E-state index contributed by atoms with van der Waals surface area (Å²) >= 11 is 0. The minimum absolute atomic E-state index is 0. The maximum absolute atomic E-state index is 12.1. The molecule has 25 heavy (non-hydrogen) atoms. The Labute approximate surface area is 150 Å². The molecule has 0 aliphatic rings. The summed E-state index contributed by atoms with van der Waals surface area (Å²) in [5.41, 5.74) is 0.390. The summed E-state index contributed by atoms with van der Waals surface area (Å²) in [5.74, 6) is -0.272. The van der Waals surface area contributed by atoms with Crippen LogP contribution in [0.25, 0.3) is 0 Å². The molecule has 2 amide bonds. The first-order valence-corrected chi connectivity index (χ1v) is 6.99. The zero-order valence-electron chi connectivity index (χ0n) is 13.9. The molecular formula is C15H19ClN4O5. The highest BCUT2D eigenvalue weighted by Crippen LogP contribution is 2.35. The predicted molar refractivity (Wildman–Crippen MR) is 84.9 cm³/mol. The molecule has 0 radical (unpaired) electrons. The Morgan fingerprint density at radius 3 is 2.52 bits per heavy atom. The number of hydrogen-bond acceptors (Lipinski definition) is 5. The molecule has 10 heteroatoms. The number of hydrogen-bond donors (Lipinski definition) is 3. The van der Waals surface area contributed by atoms with Crippen molar-refractivity contribution in [2.75, 3.05) is 24.9 Å². The summed E-state index contributed by atoms with van der Waals surface area (Å²) < 4.78 is 13.1. The van der Waals surface area contributed by atoms with Gasteiger partial charge in [0.15, 0.2) is 6.54 Å². The number of methoxy groups -OCH3 is 2. The number of carbonyl (C=O) groups excluding carboxylic acids is 2. The van der Waals surface area contributed by atoms with E-state index >= 15 is 0 Å². The van der Waals surface area contributed by atoms with Gasteiger partial charge in [-0.2, -0.15) is 0 Å². The molecule has 0 aliphatic carbocycles. The van der Waals surface area contributed by atoms with E-state index in [-0.39, 0.29) is 47.7 Å². The molecule has 0 unspecified atom stereocenters. The first kappa shape index (κ1) is 20.1. The molecule has 0 saturated heterocycles. The van der Waals surface area contributed by atoms with Gasteiger partial charge in [0.1, 0.15) is 23.9 Å².